The van der Waals surface area contributed by atoms with Gasteiger partial charge >= 0.3 is 42.8 Å². The van der Waals surface area contributed by atoms with E-state index in [-0.39, 0.29) is 0 Å². The maximum Gasteiger partial charge on any atom is 0.451 e. The van der Waals surface area contributed by atoms with E-state index in [1.54, 1.807) is 0 Å². The minimum absolute atomic E-state index is 0.498. The van der Waals surface area contributed by atoms with E-state index in [4.69, 9.17) is 0 Å². The Morgan fingerprint density at radius 1 is 0.769 bits per heavy atom. The smallest absolute Gasteiger partial charge is 0.320 e. The highest BCUT2D eigenvalue weighted by Gasteiger charge is 2.54. The molecule has 1 aromatic carbocycles. The van der Waals surface area contributed by atoms with Gasteiger partial charge in [0.25, 0.3) is 0 Å². The number of amides is 2. The zero-order chi connectivity index (χ0) is 20.6. The predicted octanol–water partition coefficient (Wildman–Crippen LogP) is 1.35. The molecule has 0 aliphatic carbocycles. The lowest BCUT2D eigenvalue weighted by atomic mass is 10.2. The van der Waals surface area contributed by atoms with Gasteiger partial charge in [-0.15, -0.1) is 0 Å². The van der Waals surface area contributed by atoms with Crippen molar-refractivity contribution in [2.75, 3.05) is 10.6 Å². The molecular weight excluding hydrogens is 422 g/mol. The Balaban J connectivity index is 3.04. The number of nitrogens with one attached hydrogen (secondary N) is 2. The fourth-order valence-electron chi connectivity index (χ4n) is 1.30. The Hall–Kier alpha value is -2.36. The predicted molar refractivity (Wildman–Crippen MR) is 73.7 cm³/mol. The summed E-state index contributed by atoms with van der Waals surface area (Å²) in [6, 6.07) is 2.96. The molecule has 0 saturated heterocycles. The molecule has 0 radical (unpaired) electrons. The number of halogens is 6. The van der Waals surface area contributed by atoms with E-state index in [1.165, 1.54) is 10.6 Å². The monoisotopic (exact) mass is 428 g/mol. The number of hydrogen-bond acceptors (Lipinski definition) is 6. The second-order valence-electron chi connectivity index (χ2n) is 4.40. The Kier molecular flexibility index (Phi) is 5.63. The molecule has 2 N–H and O–H groups in total. The molecule has 0 aliphatic heterocycles. The highest BCUT2D eigenvalue weighted by atomic mass is 32.3. The van der Waals surface area contributed by atoms with Crippen LogP contribution in [0.4, 0.5) is 36.7 Å². The van der Waals surface area contributed by atoms with Crippen LogP contribution in [-0.4, -0.2) is 39.2 Å². The van der Waals surface area contributed by atoms with Crippen LogP contribution in [0.5, 0.6) is 0 Å². The fraction of sp³-hybridized carbons (Fsp3) is 0.200. The number of carbonyl (C=O) groups excluding carboxylic acids is 2. The largest absolute Gasteiger partial charge is 0.451 e. The van der Waals surface area contributed by atoms with Gasteiger partial charge in [0.2, 0.25) is 0 Å². The molecule has 0 saturated carbocycles. The second-order valence-corrected chi connectivity index (χ2v) is 7.18. The van der Waals surface area contributed by atoms with E-state index in [1.807, 2.05) is 0 Å². The van der Waals surface area contributed by atoms with Crippen LogP contribution in [0.3, 0.4) is 0 Å². The van der Waals surface area contributed by atoms with Crippen molar-refractivity contribution in [3.05, 3.63) is 24.3 Å². The summed E-state index contributed by atoms with van der Waals surface area (Å²) in [5.74, 6) is -5.28. The second kappa shape index (κ2) is 6.75. The minimum atomic E-state index is -6.61. The number of hydrogen-bond donors (Lipinski definition) is 2. The first-order valence-corrected chi connectivity index (χ1v) is 8.64. The number of anilines is 2. The van der Waals surface area contributed by atoms with E-state index in [2.05, 4.69) is 0 Å². The summed E-state index contributed by atoms with van der Waals surface area (Å²) in [6.07, 6.45) is 0. The summed E-state index contributed by atoms with van der Waals surface area (Å²) in [4.78, 5) is 22.2. The molecule has 146 valence electrons. The van der Waals surface area contributed by atoms with Crippen molar-refractivity contribution < 1.29 is 51.8 Å². The Labute approximate surface area is 141 Å². The van der Waals surface area contributed by atoms with Gasteiger partial charge in [0.05, 0.1) is 0 Å². The molecule has 0 aliphatic rings. The van der Waals surface area contributed by atoms with Crippen LogP contribution in [0.1, 0.15) is 0 Å². The third-order valence-corrected chi connectivity index (χ3v) is 4.12. The van der Waals surface area contributed by atoms with Gasteiger partial charge < -0.3 is 10.6 Å². The molecule has 1 rings (SSSR count). The summed E-state index contributed by atoms with van der Waals surface area (Å²) >= 11 is 0. The number of rotatable bonds is 6. The molecule has 2 amide bonds. The van der Waals surface area contributed by atoms with Gasteiger partial charge in [0.15, 0.2) is 0 Å². The molecule has 1 aromatic rings. The molecule has 0 spiro atoms. The van der Waals surface area contributed by atoms with E-state index in [0.29, 0.717) is 6.07 Å². The van der Waals surface area contributed by atoms with E-state index in [0.717, 1.165) is 18.2 Å². The maximum atomic E-state index is 13.0. The fourth-order valence-corrected chi connectivity index (χ4v) is 1.85. The third-order valence-electron chi connectivity index (χ3n) is 2.52. The van der Waals surface area contributed by atoms with Gasteiger partial charge in [-0.2, -0.15) is 34.4 Å². The van der Waals surface area contributed by atoms with Crippen LogP contribution in [0.25, 0.3) is 0 Å². The normalized spacial score (nSPS) is 13.2. The Morgan fingerprint density at radius 3 is 1.35 bits per heavy atom. The Bertz CT molecular complexity index is 873. The zero-order valence-corrected chi connectivity index (χ0v) is 13.5. The van der Waals surface area contributed by atoms with Crippen molar-refractivity contribution in [1.82, 2.24) is 0 Å². The van der Waals surface area contributed by atoms with Gasteiger partial charge in [-0.3, -0.25) is 9.59 Å². The third kappa shape index (κ3) is 4.43. The molecule has 0 bridgehead atoms. The highest BCUT2D eigenvalue weighted by Crippen LogP contribution is 2.28. The summed E-state index contributed by atoms with van der Waals surface area (Å²) in [6.45, 7) is 0. The van der Waals surface area contributed by atoms with Crippen LogP contribution in [0, 0.1) is 0 Å². The van der Waals surface area contributed by atoms with Crippen LogP contribution in [0.15, 0.2) is 24.3 Å². The summed E-state index contributed by atoms with van der Waals surface area (Å²) in [7, 11) is -13.2. The van der Waals surface area contributed by atoms with E-state index < -0.39 is 54.1 Å². The SMILES string of the molecule is O=C(Nc1cccc(NC(=O)C(F)(F)S(=O)(=O)F)c1)C(F)(F)S(=O)(=O)F. The first kappa shape index (κ1) is 21.7. The van der Waals surface area contributed by atoms with Crippen molar-refractivity contribution in [1.29, 1.82) is 0 Å². The summed E-state index contributed by atoms with van der Waals surface area (Å²) < 4.78 is 117. The quantitative estimate of drug-likeness (QED) is 0.520. The molecule has 26 heavy (non-hydrogen) atoms. The van der Waals surface area contributed by atoms with Gasteiger partial charge in [0, 0.05) is 11.4 Å². The molecule has 0 heterocycles. The van der Waals surface area contributed by atoms with Crippen LogP contribution < -0.4 is 10.6 Å². The number of alkyl halides is 4. The first-order chi connectivity index (χ1) is 11.5. The minimum Gasteiger partial charge on any atom is -0.320 e. The molecule has 0 aromatic heterocycles. The van der Waals surface area contributed by atoms with Crippen molar-refractivity contribution in [3.63, 3.8) is 0 Å². The average molecular weight is 428 g/mol. The number of carbonyl (C=O) groups is 2. The van der Waals surface area contributed by atoms with Crippen molar-refractivity contribution in [2.24, 2.45) is 0 Å². The maximum absolute atomic E-state index is 13.0. The van der Waals surface area contributed by atoms with Gasteiger partial charge in [-0.25, -0.2) is 0 Å². The van der Waals surface area contributed by atoms with Crippen LogP contribution in [-0.2, 0) is 30.0 Å². The molecule has 8 nitrogen and oxygen atoms in total. The van der Waals surface area contributed by atoms with Crippen molar-refractivity contribution in [3.8, 4) is 0 Å². The first-order valence-electron chi connectivity index (χ1n) is 5.87. The summed E-state index contributed by atoms with van der Waals surface area (Å²) in [5, 5.41) is -8.48. The van der Waals surface area contributed by atoms with Crippen molar-refractivity contribution in [2.45, 2.75) is 10.5 Å². The average Bonchev–Trinajstić information content (AvgIpc) is 2.44. The number of benzene rings is 1. The molecule has 0 fully saturated rings. The Morgan fingerprint density at radius 2 is 1.08 bits per heavy atom. The molecule has 0 unspecified atom stereocenters. The van der Waals surface area contributed by atoms with E-state index >= 15 is 0 Å². The van der Waals surface area contributed by atoms with Crippen molar-refractivity contribution >= 4 is 43.6 Å². The molecular formula is C10H6F6N2O6S2. The zero-order valence-electron chi connectivity index (χ0n) is 11.8. The molecule has 0 atom stereocenters. The summed E-state index contributed by atoms with van der Waals surface area (Å²) in [5.41, 5.74) is -1.44. The van der Waals surface area contributed by atoms with Gasteiger partial charge in [0.1, 0.15) is 0 Å². The van der Waals surface area contributed by atoms with E-state index in [9.17, 15) is 51.8 Å². The van der Waals surface area contributed by atoms with Gasteiger partial charge in [-0.05, 0) is 18.2 Å². The lowest BCUT2D eigenvalue weighted by Gasteiger charge is -2.14. The molecule has 16 heteroatoms. The standard InChI is InChI=1S/C10H6F6N2O6S2/c11-9(12,25(15,21)22)7(19)17-5-2-1-3-6(4-5)18-8(20)10(13,14)26(16,23)24/h1-4H,(H,17,19)(H,18,20). The highest BCUT2D eigenvalue weighted by molar-refractivity contribution is 7.88. The van der Waals surface area contributed by atoms with Crippen LogP contribution in [0.2, 0.25) is 0 Å². The lowest BCUT2D eigenvalue weighted by Crippen LogP contribution is -2.40. The van der Waals surface area contributed by atoms with Gasteiger partial charge in [-0.1, -0.05) is 13.8 Å². The van der Waals surface area contributed by atoms with Crippen LogP contribution >= 0.6 is 0 Å². The lowest BCUT2D eigenvalue weighted by molar-refractivity contribution is -0.130. The topological polar surface area (TPSA) is 126 Å².